The molecule has 21 heavy (non-hydrogen) atoms. The van der Waals surface area contributed by atoms with Crippen molar-refractivity contribution >= 4 is 22.9 Å². The monoisotopic (exact) mass is 327 g/mol. The molecule has 1 unspecified atom stereocenters. The van der Waals surface area contributed by atoms with E-state index in [0.717, 1.165) is 29.1 Å². The van der Waals surface area contributed by atoms with Crippen molar-refractivity contribution in [2.75, 3.05) is 6.54 Å². The van der Waals surface area contributed by atoms with E-state index in [4.69, 9.17) is 11.6 Å². The van der Waals surface area contributed by atoms with Gasteiger partial charge in [-0.2, -0.15) is 0 Å². The number of hydrogen-bond acceptors (Lipinski definition) is 2. The molecule has 120 valence electrons. The van der Waals surface area contributed by atoms with Gasteiger partial charge in [0, 0.05) is 10.9 Å². The van der Waals surface area contributed by atoms with Crippen LogP contribution in [-0.4, -0.2) is 12.6 Å². The van der Waals surface area contributed by atoms with Crippen molar-refractivity contribution < 1.29 is 0 Å². The van der Waals surface area contributed by atoms with Crippen molar-refractivity contribution in [1.29, 1.82) is 0 Å². The summed E-state index contributed by atoms with van der Waals surface area (Å²) in [6, 6.07) is 4.87. The van der Waals surface area contributed by atoms with Gasteiger partial charge in [-0.1, -0.05) is 57.6 Å². The lowest BCUT2D eigenvalue weighted by Gasteiger charge is -2.34. The SMILES string of the molecule is CCCCC1CCC(C(Cc2ccc(Cl)s2)NCC)CC1. The summed E-state index contributed by atoms with van der Waals surface area (Å²) in [7, 11) is 0. The molecule has 1 aliphatic rings. The fraction of sp³-hybridized carbons (Fsp3) is 0.778. The maximum absolute atomic E-state index is 6.07. The van der Waals surface area contributed by atoms with Gasteiger partial charge < -0.3 is 5.32 Å². The second-order valence-corrected chi connectivity index (χ2v) is 8.30. The molecule has 0 radical (unpaired) electrons. The number of likely N-dealkylation sites (N-methyl/N-ethyl adjacent to an activating group) is 1. The van der Waals surface area contributed by atoms with Crippen LogP contribution in [0.25, 0.3) is 0 Å². The number of halogens is 1. The van der Waals surface area contributed by atoms with Crippen LogP contribution in [0.15, 0.2) is 12.1 Å². The van der Waals surface area contributed by atoms with E-state index in [1.54, 1.807) is 11.3 Å². The molecule has 1 fully saturated rings. The smallest absolute Gasteiger partial charge is 0.0931 e. The molecule has 0 bridgehead atoms. The van der Waals surface area contributed by atoms with Crippen LogP contribution in [0.2, 0.25) is 4.34 Å². The quantitative estimate of drug-likeness (QED) is 0.625. The minimum Gasteiger partial charge on any atom is -0.314 e. The molecule has 1 aromatic heterocycles. The zero-order chi connectivity index (χ0) is 15.1. The summed E-state index contributed by atoms with van der Waals surface area (Å²) in [6.45, 7) is 5.60. The molecule has 1 heterocycles. The molecule has 0 amide bonds. The Morgan fingerprint density at radius 1 is 1.24 bits per heavy atom. The Morgan fingerprint density at radius 2 is 2.00 bits per heavy atom. The van der Waals surface area contributed by atoms with Gasteiger partial charge in [-0.3, -0.25) is 0 Å². The second-order valence-electron chi connectivity index (χ2n) is 6.50. The van der Waals surface area contributed by atoms with E-state index in [2.05, 4.69) is 25.2 Å². The number of thiophene rings is 1. The van der Waals surface area contributed by atoms with E-state index < -0.39 is 0 Å². The van der Waals surface area contributed by atoms with Crippen LogP contribution < -0.4 is 5.32 Å². The van der Waals surface area contributed by atoms with Gasteiger partial charge in [-0.15, -0.1) is 11.3 Å². The van der Waals surface area contributed by atoms with Gasteiger partial charge in [0.25, 0.3) is 0 Å². The molecule has 2 rings (SSSR count). The van der Waals surface area contributed by atoms with E-state index in [0.29, 0.717) is 6.04 Å². The Hall–Kier alpha value is -0.0500. The van der Waals surface area contributed by atoms with Crippen LogP contribution in [0.1, 0.15) is 63.7 Å². The third-order valence-corrected chi connectivity index (χ3v) is 6.20. The van der Waals surface area contributed by atoms with Crippen LogP contribution in [-0.2, 0) is 6.42 Å². The maximum Gasteiger partial charge on any atom is 0.0931 e. The predicted octanol–water partition coefficient (Wildman–Crippen LogP) is 5.92. The molecule has 1 N–H and O–H groups in total. The van der Waals surface area contributed by atoms with Gasteiger partial charge in [0.1, 0.15) is 0 Å². The summed E-state index contributed by atoms with van der Waals surface area (Å²) < 4.78 is 0.920. The highest BCUT2D eigenvalue weighted by molar-refractivity contribution is 7.16. The Bertz CT molecular complexity index is 396. The molecule has 1 nitrogen and oxygen atoms in total. The first-order valence-corrected chi connectivity index (χ1v) is 9.90. The lowest BCUT2D eigenvalue weighted by molar-refractivity contribution is 0.213. The summed E-state index contributed by atoms with van der Waals surface area (Å²) in [5.41, 5.74) is 0. The van der Waals surface area contributed by atoms with Gasteiger partial charge in [0.2, 0.25) is 0 Å². The Labute approximate surface area is 139 Å². The maximum atomic E-state index is 6.07. The summed E-state index contributed by atoms with van der Waals surface area (Å²) in [5.74, 6) is 1.85. The predicted molar refractivity (Wildman–Crippen MR) is 95.5 cm³/mol. The normalized spacial score (nSPS) is 24.1. The highest BCUT2D eigenvalue weighted by Gasteiger charge is 2.27. The minimum atomic E-state index is 0.636. The Morgan fingerprint density at radius 3 is 2.57 bits per heavy atom. The molecule has 1 aromatic rings. The Kier molecular flexibility index (Phi) is 7.56. The highest BCUT2D eigenvalue weighted by Crippen LogP contribution is 2.35. The fourth-order valence-corrected chi connectivity index (χ4v) is 4.86. The molecule has 3 heteroatoms. The summed E-state index contributed by atoms with van der Waals surface area (Å²) in [5, 5.41) is 3.73. The Balaban J connectivity index is 1.84. The molecule has 1 aliphatic carbocycles. The standard InChI is InChI=1S/C18H30ClNS/c1-3-5-6-14-7-9-15(10-8-14)17(20-4-2)13-16-11-12-18(19)21-16/h11-12,14-15,17,20H,3-10,13H2,1-2H3. The minimum absolute atomic E-state index is 0.636. The van der Waals surface area contributed by atoms with E-state index in [1.807, 2.05) is 6.07 Å². The fourth-order valence-electron chi connectivity index (χ4n) is 3.72. The molecule has 0 aliphatic heterocycles. The summed E-state index contributed by atoms with van der Waals surface area (Å²) in [4.78, 5) is 1.43. The molecule has 1 saturated carbocycles. The van der Waals surface area contributed by atoms with Gasteiger partial charge in [-0.05, 0) is 49.8 Å². The molecule has 1 atom stereocenters. The topological polar surface area (TPSA) is 12.0 Å². The van der Waals surface area contributed by atoms with Crippen molar-refractivity contribution in [1.82, 2.24) is 5.32 Å². The van der Waals surface area contributed by atoms with Gasteiger partial charge >= 0.3 is 0 Å². The van der Waals surface area contributed by atoms with Crippen molar-refractivity contribution in [2.24, 2.45) is 11.8 Å². The van der Waals surface area contributed by atoms with Crippen molar-refractivity contribution in [3.63, 3.8) is 0 Å². The zero-order valence-corrected chi connectivity index (χ0v) is 15.1. The number of rotatable bonds is 8. The molecular formula is C18H30ClNS. The lowest BCUT2D eigenvalue weighted by Crippen LogP contribution is -2.39. The third-order valence-electron chi connectivity index (χ3n) is 4.94. The largest absolute Gasteiger partial charge is 0.314 e. The van der Waals surface area contributed by atoms with E-state index in [-0.39, 0.29) is 0 Å². The zero-order valence-electron chi connectivity index (χ0n) is 13.5. The average Bonchev–Trinajstić information content (AvgIpc) is 2.90. The lowest BCUT2D eigenvalue weighted by atomic mass is 9.76. The van der Waals surface area contributed by atoms with E-state index in [1.165, 1.54) is 49.8 Å². The number of nitrogens with one attached hydrogen (secondary N) is 1. The van der Waals surface area contributed by atoms with Gasteiger partial charge in [0.05, 0.1) is 4.34 Å². The summed E-state index contributed by atoms with van der Waals surface area (Å²) in [6.07, 6.45) is 11.1. The van der Waals surface area contributed by atoms with Crippen LogP contribution >= 0.6 is 22.9 Å². The van der Waals surface area contributed by atoms with Crippen LogP contribution in [0.5, 0.6) is 0 Å². The third kappa shape index (κ3) is 5.58. The van der Waals surface area contributed by atoms with Gasteiger partial charge in [-0.25, -0.2) is 0 Å². The number of hydrogen-bond donors (Lipinski definition) is 1. The highest BCUT2D eigenvalue weighted by atomic mass is 35.5. The second kappa shape index (κ2) is 9.17. The molecule has 0 aromatic carbocycles. The van der Waals surface area contributed by atoms with Crippen LogP contribution in [0, 0.1) is 11.8 Å². The van der Waals surface area contributed by atoms with Crippen LogP contribution in [0.4, 0.5) is 0 Å². The van der Waals surface area contributed by atoms with Crippen molar-refractivity contribution in [2.45, 2.75) is 71.3 Å². The van der Waals surface area contributed by atoms with E-state index in [9.17, 15) is 0 Å². The molecule has 0 saturated heterocycles. The van der Waals surface area contributed by atoms with E-state index >= 15 is 0 Å². The van der Waals surface area contributed by atoms with Crippen molar-refractivity contribution in [3.05, 3.63) is 21.3 Å². The first-order valence-electron chi connectivity index (χ1n) is 8.70. The summed E-state index contributed by atoms with van der Waals surface area (Å²) >= 11 is 7.82. The first kappa shape index (κ1) is 17.3. The van der Waals surface area contributed by atoms with Gasteiger partial charge in [0.15, 0.2) is 0 Å². The molecule has 0 spiro atoms. The average molecular weight is 328 g/mol. The van der Waals surface area contributed by atoms with Crippen molar-refractivity contribution in [3.8, 4) is 0 Å². The van der Waals surface area contributed by atoms with Crippen LogP contribution in [0.3, 0.4) is 0 Å². The number of unbranched alkanes of at least 4 members (excludes halogenated alkanes) is 1. The first-order chi connectivity index (χ1) is 10.2. The molecular weight excluding hydrogens is 298 g/mol.